The molecule has 1 aromatic heterocycles. The van der Waals surface area contributed by atoms with E-state index in [-0.39, 0.29) is 5.91 Å². The lowest BCUT2D eigenvalue weighted by Gasteiger charge is -2.05. The van der Waals surface area contributed by atoms with Crippen molar-refractivity contribution in [3.05, 3.63) is 101 Å². The zero-order chi connectivity index (χ0) is 19.2. The summed E-state index contributed by atoms with van der Waals surface area (Å²) < 4.78 is 5.86. The fraction of sp³-hybridized carbons (Fsp3) is 0.167. The minimum atomic E-state index is -0.0972. The molecule has 4 nitrogen and oxygen atoms in total. The molecule has 0 bridgehead atoms. The number of rotatable bonds is 7. The third kappa shape index (κ3) is 4.46. The zero-order valence-electron chi connectivity index (χ0n) is 15.6. The minimum Gasteiger partial charge on any atom is -0.441 e. The minimum absolute atomic E-state index is 0.0972. The molecule has 1 N–H and O–H groups in total. The van der Waals surface area contributed by atoms with Gasteiger partial charge in [0.1, 0.15) is 5.52 Å². The first-order chi connectivity index (χ1) is 13.8. The van der Waals surface area contributed by atoms with Crippen LogP contribution in [0.15, 0.2) is 83.3 Å². The maximum atomic E-state index is 12.4. The molecule has 0 spiro atoms. The van der Waals surface area contributed by atoms with Gasteiger partial charge in [-0.3, -0.25) is 4.79 Å². The first-order valence-corrected chi connectivity index (χ1v) is 9.53. The zero-order valence-corrected chi connectivity index (χ0v) is 15.6. The van der Waals surface area contributed by atoms with Crippen molar-refractivity contribution >= 4 is 17.0 Å². The van der Waals surface area contributed by atoms with E-state index in [4.69, 9.17) is 4.42 Å². The highest BCUT2D eigenvalue weighted by Crippen LogP contribution is 2.19. The van der Waals surface area contributed by atoms with E-state index in [9.17, 15) is 4.79 Å². The van der Waals surface area contributed by atoms with Crippen molar-refractivity contribution in [2.75, 3.05) is 6.54 Å². The van der Waals surface area contributed by atoms with Gasteiger partial charge >= 0.3 is 0 Å². The van der Waals surface area contributed by atoms with E-state index >= 15 is 0 Å². The highest BCUT2D eigenvalue weighted by Gasteiger charge is 2.11. The molecule has 1 heterocycles. The summed E-state index contributed by atoms with van der Waals surface area (Å²) >= 11 is 0. The van der Waals surface area contributed by atoms with Gasteiger partial charge in [0, 0.05) is 18.5 Å². The van der Waals surface area contributed by atoms with Crippen LogP contribution in [0.4, 0.5) is 0 Å². The second-order valence-corrected chi connectivity index (χ2v) is 6.77. The van der Waals surface area contributed by atoms with Crippen LogP contribution >= 0.6 is 0 Å². The number of hydrogen-bond acceptors (Lipinski definition) is 3. The predicted octanol–water partition coefficient (Wildman–Crippen LogP) is 4.59. The molecule has 28 heavy (non-hydrogen) atoms. The van der Waals surface area contributed by atoms with E-state index < -0.39 is 0 Å². The Morgan fingerprint density at radius 3 is 2.21 bits per heavy atom. The molecule has 1 amide bonds. The summed E-state index contributed by atoms with van der Waals surface area (Å²) in [7, 11) is 0. The number of nitrogens with zero attached hydrogens (tertiary/aromatic N) is 1. The van der Waals surface area contributed by atoms with Crippen LogP contribution in [-0.2, 0) is 19.3 Å². The number of carbonyl (C=O) groups excluding carboxylic acids is 1. The summed E-state index contributed by atoms with van der Waals surface area (Å²) in [5.74, 6) is 0.598. The normalized spacial score (nSPS) is 10.9. The molecular weight excluding hydrogens is 348 g/mol. The van der Waals surface area contributed by atoms with Crippen LogP contribution in [0, 0.1) is 0 Å². The number of fused-ring (bicyclic) bond motifs is 1. The molecule has 140 valence electrons. The third-order valence-electron chi connectivity index (χ3n) is 4.71. The highest BCUT2D eigenvalue weighted by atomic mass is 16.3. The van der Waals surface area contributed by atoms with E-state index in [1.807, 2.05) is 42.5 Å². The second kappa shape index (κ2) is 8.53. The van der Waals surface area contributed by atoms with Gasteiger partial charge in [0.15, 0.2) is 11.5 Å². The van der Waals surface area contributed by atoms with Crippen molar-refractivity contribution in [2.45, 2.75) is 19.3 Å². The van der Waals surface area contributed by atoms with E-state index in [1.165, 1.54) is 11.1 Å². The Morgan fingerprint density at radius 2 is 1.50 bits per heavy atom. The first-order valence-electron chi connectivity index (χ1n) is 9.53. The number of nitrogens with one attached hydrogen (secondary N) is 1. The van der Waals surface area contributed by atoms with Gasteiger partial charge in [0.2, 0.25) is 0 Å². The van der Waals surface area contributed by atoms with Gasteiger partial charge in [-0.05, 0) is 42.2 Å². The van der Waals surface area contributed by atoms with Crippen molar-refractivity contribution in [1.82, 2.24) is 10.3 Å². The van der Waals surface area contributed by atoms with E-state index in [0.29, 0.717) is 23.6 Å². The van der Waals surface area contributed by atoms with Crippen molar-refractivity contribution < 1.29 is 9.21 Å². The van der Waals surface area contributed by atoms with Crippen LogP contribution in [0.3, 0.4) is 0 Å². The van der Waals surface area contributed by atoms with Gasteiger partial charge in [-0.2, -0.15) is 0 Å². The number of amides is 1. The fourth-order valence-electron chi connectivity index (χ4n) is 3.18. The SMILES string of the molecule is O=C(NCCc1ccccc1)c1ccc2nc(CCc3ccccc3)oc2c1. The van der Waals surface area contributed by atoms with Crippen molar-refractivity contribution in [3.63, 3.8) is 0 Å². The van der Waals surface area contributed by atoms with E-state index in [2.05, 4.69) is 34.6 Å². The Kier molecular flexibility index (Phi) is 5.48. The highest BCUT2D eigenvalue weighted by molar-refractivity contribution is 5.97. The largest absolute Gasteiger partial charge is 0.441 e. The summed E-state index contributed by atoms with van der Waals surface area (Å²) in [5, 5.41) is 2.96. The summed E-state index contributed by atoms with van der Waals surface area (Å²) in [5.41, 5.74) is 4.48. The molecule has 3 aromatic carbocycles. The molecule has 4 aromatic rings. The molecule has 0 saturated carbocycles. The monoisotopic (exact) mass is 370 g/mol. The summed E-state index contributed by atoms with van der Waals surface area (Å²) in [6.07, 6.45) is 2.42. The molecule has 4 rings (SSSR count). The Hall–Kier alpha value is -3.40. The van der Waals surface area contributed by atoms with Gasteiger partial charge in [-0.15, -0.1) is 0 Å². The standard InChI is InChI=1S/C24H22N2O2/c27-24(25-16-15-19-9-5-2-6-10-19)20-12-13-21-22(17-20)28-23(26-21)14-11-18-7-3-1-4-8-18/h1-10,12-13,17H,11,14-16H2,(H,25,27). The summed E-state index contributed by atoms with van der Waals surface area (Å²) in [6.45, 7) is 0.597. The molecule has 0 aliphatic heterocycles. The number of benzene rings is 3. The molecule has 0 saturated heterocycles. The average Bonchev–Trinajstić information content (AvgIpc) is 3.16. The lowest BCUT2D eigenvalue weighted by molar-refractivity contribution is 0.0954. The van der Waals surface area contributed by atoms with Crippen molar-refractivity contribution in [2.24, 2.45) is 0 Å². The topological polar surface area (TPSA) is 55.1 Å². The quantitative estimate of drug-likeness (QED) is 0.518. The lowest BCUT2D eigenvalue weighted by atomic mass is 10.1. The Balaban J connectivity index is 1.37. The second-order valence-electron chi connectivity index (χ2n) is 6.77. The summed E-state index contributed by atoms with van der Waals surface area (Å²) in [6, 6.07) is 25.8. The van der Waals surface area contributed by atoms with Crippen LogP contribution in [0.25, 0.3) is 11.1 Å². The maximum absolute atomic E-state index is 12.4. The molecular formula is C24H22N2O2. The smallest absolute Gasteiger partial charge is 0.251 e. The first kappa shape index (κ1) is 18.0. The maximum Gasteiger partial charge on any atom is 0.251 e. The lowest BCUT2D eigenvalue weighted by Crippen LogP contribution is -2.25. The van der Waals surface area contributed by atoms with Crippen LogP contribution in [0.1, 0.15) is 27.4 Å². The van der Waals surface area contributed by atoms with Crippen LogP contribution in [0.2, 0.25) is 0 Å². The summed E-state index contributed by atoms with van der Waals surface area (Å²) in [4.78, 5) is 17.0. The molecule has 0 radical (unpaired) electrons. The Bertz CT molecular complexity index is 1060. The number of hydrogen-bond donors (Lipinski definition) is 1. The molecule has 0 fully saturated rings. The number of carbonyl (C=O) groups is 1. The fourth-order valence-corrected chi connectivity index (χ4v) is 3.18. The Morgan fingerprint density at radius 1 is 0.821 bits per heavy atom. The molecule has 0 atom stereocenters. The van der Waals surface area contributed by atoms with E-state index in [1.54, 1.807) is 12.1 Å². The van der Waals surface area contributed by atoms with Crippen molar-refractivity contribution in [3.8, 4) is 0 Å². The average molecular weight is 370 g/mol. The van der Waals surface area contributed by atoms with Crippen LogP contribution in [0.5, 0.6) is 0 Å². The van der Waals surface area contributed by atoms with Gasteiger partial charge in [-0.25, -0.2) is 4.98 Å². The van der Waals surface area contributed by atoms with Gasteiger partial charge in [0.05, 0.1) is 0 Å². The number of aryl methyl sites for hydroxylation is 2. The predicted molar refractivity (Wildman–Crippen MR) is 110 cm³/mol. The number of oxazole rings is 1. The number of aromatic nitrogens is 1. The van der Waals surface area contributed by atoms with E-state index in [0.717, 1.165) is 24.8 Å². The molecule has 4 heteroatoms. The van der Waals surface area contributed by atoms with Crippen LogP contribution < -0.4 is 5.32 Å². The molecule has 0 aliphatic rings. The van der Waals surface area contributed by atoms with Gasteiger partial charge < -0.3 is 9.73 Å². The third-order valence-corrected chi connectivity index (χ3v) is 4.71. The molecule has 0 aliphatic carbocycles. The van der Waals surface area contributed by atoms with Gasteiger partial charge in [0.25, 0.3) is 5.91 Å². The molecule has 0 unspecified atom stereocenters. The Labute approximate surface area is 164 Å². The van der Waals surface area contributed by atoms with Crippen molar-refractivity contribution in [1.29, 1.82) is 0 Å². The van der Waals surface area contributed by atoms with Gasteiger partial charge in [-0.1, -0.05) is 60.7 Å². The van der Waals surface area contributed by atoms with Crippen LogP contribution in [-0.4, -0.2) is 17.4 Å².